The number of hydrogen-bond donors (Lipinski definition) is 2. The van der Waals surface area contributed by atoms with Crippen LogP contribution in [0.2, 0.25) is 0 Å². The van der Waals surface area contributed by atoms with Gasteiger partial charge in [-0.15, -0.1) is 0 Å². The van der Waals surface area contributed by atoms with Gasteiger partial charge in [0.1, 0.15) is 5.82 Å². The van der Waals surface area contributed by atoms with Crippen LogP contribution in [-0.4, -0.2) is 23.5 Å². The van der Waals surface area contributed by atoms with Crippen molar-refractivity contribution >= 4 is 11.9 Å². The number of halogens is 1. The Morgan fingerprint density at radius 2 is 2.11 bits per heavy atom. The highest BCUT2D eigenvalue weighted by Crippen LogP contribution is 2.10. The molecule has 2 N–H and O–H groups in total. The van der Waals surface area contributed by atoms with Gasteiger partial charge in [-0.05, 0) is 36.6 Å². The molecule has 0 aliphatic rings. The molecular formula is C13H14FNO3. The number of carboxylic acid groups (broad SMARTS) is 1. The van der Waals surface area contributed by atoms with E-state index in [1.807, 2.05) is 0 Å². The van der Waals surface area contributed by atoms with Crippen molar-refractivity contribution in [3.63, 3.8) is 0 Å². The van der Waals surface area contributed by atoms with Crippen molar-refractivity contribution in [3.8, 4) is 0 Å². The van der Waals surface area contributed by atoms with Crippen LogP contribution in [0, 0.1) is 12.7 Å². The molecule has 0 atom stereocenters. The molecule has 1 aromatic rings. The van der Waals surface area contributed by atoms with Gasteiger partial charge in [-0.25, -0.2) is 9.18 Å². The first-order valence-corrected chi connectivity index (χ1v) is 5.43. The Labute approximate surface area is 104 Å². The number of nitrogens with one attached hydrogen (secondary N) is 1. The Morgan fingerprint density at radius 1 is 1.39 bits per heavy atom. The SMILES string of the molecule is Cc1cc(F)ccc1CCNC(=O)C=CC(=O)O. The summed E-state index contributed by atoms with van der Waals surface area (Å²) in [6.07, 6.45) is 2.30. The molecule has 0 bridgehead atoms. The number of carbonyl (C=O) groups excluding carboxylic acids is 1. The van der Waals surface area contributed by atoms with E-state index in [1.165, 1.54) is 12.1 Å². The van der Waals surface area contributed by atoms with Crippen LogP contribution in [0.25, 0.3) is 0 Å². The summed E-state index contributed by atoms with van der Waals surface area (Å²) in [7, 11) is 0. The van der Waals surface area contributed by atoms with Crippen LogP contribution in [0.5, 0.6) is 0 Å². The summed E-state index contributed by atoms with van der Waals surface area (Å²) >= 11 is 0. The van der Waals surface area contributed by atoms with E-state index in [4.69, 9.17) is 5.11 Å². The third-order valence-electron chi connectivity index (χ3n) is 2.38. The fraction of sp³-hybridized carbons (Fsp3) is 0.231. The summed E-state index contributed by atoms with van der Waals surface area (Å²) in [4.78, 5) is 21.3. The van der Waals surface area contributed by atoms with Crippen molar-refractivity contribution in [1.29, 1.82) is 0 Å². The molecule has 0 unspecified atom stereocenters. The molecule has 1 aromatic carbocycles. The molecule has 4 nitrogen and oxygen atoms in total. The van der Waals surface area contributed by atoms with Gasteiger partial charge in [0.2, 0.25) is 5.91 Å². The normalized spacial score (nSPS) is 10.6. The van der Waals surface area contributed by atoms with E-state index in [0.717, 1.165) is 23.3 Å². The van der Waals surface area contributed by atoms with Gasteiger partial charge >= 0.3 is 5.97 Å². The Kier molecular flexibility index (Phi) is 5.05. The highest BCUT2D eigenvalue weighted by atomic mass is 19.1. The first kappa shape index (κ1) is 13.9. The molecule has 0 aliphatic carbocycles. The summed E-state index contributed by atoms with van der Waals surface area (Å²) in [6, 6.07) is 4.47. The minimum atomic E-state index is -1.17. The first-order valence-electron chi connectivity index (χ1n) is 5.43. The number of carbonyl (C=O) groups is 2. The Bertz CT molecular complexity index is 483. The zero-order valence-corrected chi connectivity index (χ0v) is 9.94. The number of hydrogen-bond acceptors (Lipinski definition) is 2. The fourth-order valence-corrected chi connectivity index (χ4v) is 1.47. The number of carboxylic acids is 1. The predicted molar refractivity (Wildman–Crippen MR) is 64.6 cm³/mol. The first-order chi connectivity index (χ1) is 8.49. The van der Waals surface area contributed by atoms with Gasteiger partial charge in [-0.3, -0.25) is 4.79 Å². The third-order valence-corrected chi connectivity index (χ3v) is 2.38. The maximum Gasteiger partial charge on any atom is 0.328 e. The second-order valence-corrected chi connectivity index (χ2v) is 3.78. The predicted octanol–water partition coefficient (Wildman–Crippen LogP) is 1.43. The molecular weight excluding hydrogens is 237 g/mol. The number of aliphatic carboxylic acids is 1. The van der Waals surface area contributed by atoms with E-state index in [0.29, 0.717) is 13.0 Å². The Hall–Kier alpha value is -2.17. The lowest BCUT2D eigenvalue weighted by atomic mass is 10.1. The lowest BCUT2D eigenvalue weighted by Gasteiger charge is -2.06. The largest absolute Gasteiger partial charge is 0.478 e. The van der Waals surface area contributed by atoms with Gasteiger partial charge in [0.15, 0.2) is 0 Å². The average Bonchev–Trinajstić information content (AvgIpc) is 2.29. The molecule has 0 fully saturated rings. The Morgan fingerprint density at radius 3 is 2.72 bits per heavy atom. The molecule has 0 heterocycles. The molecule has 0 aliphatic heterocycles. The molecule has 0 spiro atoms. The zero-order valence-electron chi connectivity index (χ0n) is 9.94. The smallest absolute Gasteiger partial charge is 0.328 e. The maximum atomic E-state index is 12.8. The topological polar surface area (TPSA) is 66.4 Å². The maximum absolute atomic E-state index is 12.8. The highest BCUT2D eigenvalue weighted by molar-refractivity contribution is 5.93. The van der Waals surface area contributed by atoms with E-state index < -0.39 is 11.9 Å². The van der Waals surface area contributed by atoms with Gasteiger partial charge < -0.3 is 10.4 Å². The number of amides is 1. The van der Waals surface area contributed by atoms with Gasteiger partial charge in [-0.1, -0.05) is 6.07 Å². The van der Waals surface area contributed by atoms with Crippen LogP contribution in [0.15, 0.2) is 30.4 Å². The molecule has 1 rings (SSSR count). The van der Waals surface area contributed by atoms with Gasteiger partial charge in [0.05, 0.1) is 0 Å². The molecule has 1 amide bonds. The minimum Gasteiger partial charge on any atom is -0.478 e. The Balaban J connectivity index is 2.42. The summed E-state index contributed by atoms with van der Waals surface area (Å²) in [5.41, 5.74) is 1.77. The van der Waals surface area contributed by atoms with Gasteiger partial charge in [-0.2, -0.15) is 0 Å². The second-order valence-electron chi connectivity index (χ2n) is 3.78. The van der Waals surface area contributed by atoms with Crippen LogP contribution >= 0.6 is 0 Å². The molecule has 0 saturated heterocycles. The monoisotopic (exact) mass is 251 g/mol. The van der Waals surface area contributed by atoms with E-state index in [9.17, 15) is 14.0 Å². The van der Waals surface area contributed by atoms with E-state index in [-0.39, 0.29) is 5.82 Å². The van der Waals surface area contributed by atoms with Crippen molar-refractivity contribution in [2.24, 2.45) is 0 Å². The van der Waals surface area contributed by atoms with Crippen LogP contribution in [0.4, 0.5) is 4.39 Å². The standard InChI is InChI=1S/C13H14FNO3/c1-9-8-11(14)3-2-10(9)6-7-15-12(16)4-5-13(17)18/h2-5,8H,6-7H2,1H3,(H,15,16)(H,17,18). The van der Waals surface area contributed by atoms with Gasteiger partial charge in [0.25, 0.3) is 0 Å². The number of aryl methyl sites for hydroxylation is 1. The number of benzene rings is 1. The van der Waals surface area contributed by atoms with Crippen molar-refractivity contribution in [1.82, 2.24) is 5.32 Å². The van der Waals surface area contributed by atoms with Crippen molar-refractivity contribution in [2.45, 2.75) is 13.3 Å². The van der Waals surface area contributed by atoms with Crippen molar-refractivity contribution < 1.29 is 19.1 Å². The molecule has 0 radical (unpaired) electrons. The third kappa shape index (κ3) is 4.78. The lowest BCUT2D eigenvalue weighted by molar-refractivity contribution is -0.131. The van der Waals surface area contributed by atoms with Crippen molar-refractivity contribution in [3.05, 3.63) is 47.3 Å². The molecule has 0 aromatic heterocycles. The summed E-state index contributed by atoms with van der Waals surface area (Å²) in [5.74, 6) is -1.92. The summed E-state index contributed by atoms with van der Waals surface area (Å²) in [5, 5.41) is 10.9. The van der Waals surface area contributed by atoms with E-state index in [2.05, 4.69) is 5.32 Å². The highest BCUT2D eigenvalue weighted by Gasteiger charge is 2.01. The molecule has 0 saturated carbocycles. The fourth-order valence-electron chi connectivity index (χ4n) is 1.47. The summed E-state index contributed by atoms with van der Waals surface area (Å²) in [6.45, 7) is 2.17. The zero-order chi connectivity index (χ0) is 13.5. The van der Waals surface area contributed by atoms with Crippen molar-refractivity contribution in [2.75, 3.05) is 6.54 Å². The second kappa shape index (κ2) is 6.54. The molecule has 18 heavy (non-hydrogen) atoms. The molecule has 96 valence electrons. The quantitative estimate of drug-likeness (QED) is 0.778. The average molecular weight is 251 g/mol. The molecule has 5 heteroatoms. The lowest BCUT2D eigenvalue weighted by Crippen LogP contribution is -2.24. The van der Waals surface area contributed by atoms with Crippen LogP contribution in [-0.2, 0) is 16.0 Å². The van der Waals surface area contributed by atoms with Crippen LogP contribution in [0.1, 0.15) is 11.1 Å². The van der Waals surface area contributed by atoms with Crippen LogP contribution in [0.3, 0.4) is 0 Å². The van der Waals surface area contributed by atoms with Crippen LogP contribution < -0.4 is 5.32 Å². The number of rotatable bonds is 5. The van der Waals surface area contributed by atoms with Gasteiger partial charge in [0, 0.05) is 18.7 Å². The minimum absolute atomic E-state index is 0.287. The van der Waals surface area contributed by atoms with E-state index >= 15 is 0 Å². The summed E-state index contributed by atoms with van der Waals surface area (Å²) < 4.78 is 12.8. The van der Waals surface area contributed by atoms with E-state index in [1.54, 1.807) is 13.0 Å².